The lowest BCUT2D eigenvalue weighted by Gasteiger charge is -2.41. The van der Waals surface area contributed by atoms with Gasteiger partial charge in [0.15, 0.2) is 5.78 Å². The SMILES string of the molecule is COc1ccc(/C=C2\C(=O)C3CCN2CC3)cc1Br. The van der Waals surface area contributed by atoms with Gasteiger partial charge in [-0.2, -0.15) is 0 Å². The standard InChI is InChI=1S/C15H16BrNO2/c1-19-14-3-2-10(8-12(14)16)9-13-15(18)11-4-6-17(13)7-5-11/h2-3,8-9,11H,4-7H2,1H3/b13-9+. The van der Waals surface area contributed by atoms with Crippen molar-refractivity contribution >= 4 is 27.8 Å². The fourth-order valence-corrected chi connectivity index (χ4v) is 3.40. The second-order valence-corrected chi connectivity index (χ2v) is 5.90. The van der Waals surface area contributed by atoms with Gasteiger partial charge in [0.2, 0.25) is 0 Å². The number of benzene rings is 1. The third kappa shape index (κ3) is 2.29. The Kier molecular flexibility index (Phi) is 3.35. The van der Waals surface area contributed by atoms with Crippen LogP contribution in [0.3, 0.4) is 0 Å². The molecule has 0 unspecified atom stereocenters. The topological polar surface area (TPSA) is 29.5 Å². The van der Waals surface area contributed by atoms with Crippen LogP contribution in [0.1, 0.15) is 18.4 Å². The number of fused-ring (bicyclic) bond motifs is 3. The van der Waals surface area contributed by atoms with Crippen molar-refractivity contribution in [3.63, 3.8) is 0 Å². The number of hydrogen-bond acceptors (Lipinski definition) is 3. The van der Waals surface area contributed by atoms with Gasteiger partial charge in [0.05, 0.1) is 17.3 Å². The van der Waals surface area contributed by atoms with Crippen molar-refractivity contribution in [2.24, 2.45) is 5.92 Å². The number of carbonyl (C=O) groups is 1. The molecule has 0 N–H and O–H groups in total. The summed E-state index contributed by atoms with van der Waals surface area (Å²) in [7, 11) is 1.65. The van der Waals surface area contributed by atoms with E-state index in [0.29, 0.717) is 5.78 Å². The minimum Gasteiger partial charge on any atom is -0.496 e. The van der Waals surface area contributed by atoms with Crippen molar-refractivity contribution in [1.82, 2.24) is 4.90 Å². The molecule has 0 amide bonds. The largest absolute Gasteiger partial charge is 0.496 e. The average Bonchev–Trinajstić information content (AvgIpc) is 2.43. The number of ketones is 1. The van der Waals surface area contributed by atoms with Crippen LogP contribution in [0, 0.1) is 5.92 Å². The average molecular weight is 322 g/mol. The number of ether oxygens (including phenoxy) is 1. The van der Waals surface area contributed by atoms with Gasteiger partial charge in [-0.05, 0) is 52.5 Å². The smallest absolute Gasteiger partial charge is 0.182 e. The molecular formula is C15H16BrNO2. The summed E-state index contributed by atoms with van der Waals surface area (Å²) in [5.41, 5.74) is 1.91. The molecule has 19 heavy (non-hydrogen) atoms. The molecule has 2 bridgehead atoms. The fourth-order valence-electron chi connectivity index (χ4n) is 2.84. The zero-order chi connectivity index (χ0) is 13.4. The lowest BCUT2D eigenvalue weighted by molar-refractivity contribution is -0.125. The molecule has 1 aromatic carbocycles. The minimum atomic E-state index is 0.248. The van der Waals surface area contributed by atoms with Gasteiger partial charge in [-0.1, -0.05) is 6.07 Å². The van der Waals surface area contributed by atoms with E-state index in [4.69, 9.17) is 4.74 Å². The van der Waals surface area contributed by atoms with Gasteiger partial charge in [-0.3, -0.25) is 4.79 Å². The highest BCUT2D eigenvalue weighted by Gasteiger charge is 2.36. The number of allylic oxidation sites excluding steroid dienone is 1. The molecule has 3 fully saturated rings. The first kappa shape index (κ1) is 12.7. The molecule has 0 atom stereocenters. The third-order valence-electron chi connectivity index (χ3n) is 3.94. The van der Waals surface area contributed by atoms with Crippen LogP contribution < -0.4 is 4.74 Å². The van der Waals surface area contributed by atoms with Crippen molar-refractivity contribution < 1.29 is 9.53 Å². The van der Waals surface area contributed by atoms with Crippen LogP contribution in [0.25, 0.3) is 6.08 Å². The van der Waals surface area contributed by atoms with Crippen molar-refractivity contribution in [2.45, 2.75) is 12.8 Å². The third-order valence-corrected chi connectivity index (χ3v) is 4.56. The molecule has 100 valence electrons. The van der Waals surface area contributed by atoms with Crippen molar-refractivity contribution in [1.29, 1.82) is 0 Å². The summed E-state index contributed by atoms with van der Waals surface area (Å²) in [6.07, 6.45) is 4.03. The number of methoxy groups -OCH3 is 1. The number of Topliss-reactive ketones (excluding diaryl/α,β-unsaturated/α-hetero) is 1. The van der Waals surface area contributed by atoms with E-state index in [1.54, 1.807) is 7.11 Å². The van der Waals surface area contributed by atoms with E-state index in [9.17, 15) is 4.79 Å². The fraction of sp³-hybridized carbons (Fsp3) is 0.400. The molecule has 4 rings (SSSR count). The number of piperidine rings is 3. The molecule has 3 heterocycles. The van der Waals surface area contributed by atoms with E-state index in [1.807, 2.05) is 24.3 Å². The Morgan fingerprint density at radius 2 is 2.11 bits per heavy atom. The van der Waals surface area contributed by atoms with E-state index in [-0.39, 0.29) is 5.92 Å². The quantitative estimate of drug-likeness (QED) is 0.784. The van der Waals surface area contributed by atoms with Crippen LogP contribution in [0.5, 0.6) is 5.75 Å². The van der Waals surface area contributed by atoms with Crippen LogP contribution >= 0.6 is 15.9 Å². The highest BCUT2D eigenvalue weighted by Crippen LogP contribution is 2.33. The van der Waals surface area contributed by atoms with E-state index >= 15 is 0 Å². The molecule has 1 aromatic rings. The van der Waals surface area contributed by atoms with Crippen molar-refractivity contribution in [3.05, 3.63) is 33.9 Å². The van der Waals surface area contributed by atoms with Crippen LogP contribution in [0.2, 0.25) is 0 Å². The first-order valence-corrected chi connectivity index (χ1v) is 7.33. The zero-order valence-corrected chi connectivity index (χ0v) is 12.4. The van der Waals surface area contributed by atoms with Gasteiger partial charge in [-0.15, -0.1) is 0 Å². The number of nitrogens with zero attached hydrogens (tertiary/aromatic N) is 1. The molecule has 3 nitrogen and oxygen atoms in total. The molecule has 3 aliphatic rings. The maximum Gasteiger partial charge on any atom is 0.182 e. The Labute approximate surface area is 121 Å². The Morgan fingerprint density at radius 1 is 1.37 bits per heavy atom. The van der Waals surface area contributed by atoms with E-state index < -0.39 is 0 Å². The Morgan fingerprint density at radius 3 is 2.68 bits per heavy atom. The van der Waals surface area contributed by atoms with Crippen molar-refractivity contribution in [3.8, 4) is 5.75 Å². The van der Waals surface area contributed by atoms with Crippen LogP contribution in [-0.4, -0.2) is 30.9 Å². The monoisotopic (exact) mass is 321 g/mol. The highest BCUT2D eigenvalue weighted by atomic mass is 79.9. The highest BCUT2D eigenvalue weighted by molar-refractivity contribution is 9.10. The number of rotatable bonds is 2. The molecule has 0 radical (unpaired) electrons. The second kappa shape index (κ2) is 5.00. The normalized spacial score (nSPS) is 21.3. The van der Waals surface area contributed by atoms with Crippen LogP contribution in [0.15, 0.2) is 28.4 Å². The summed E-state index contributed by atoms with van der Waals surface area (Å²) >= 11 is 3.48. The predicted octanol–water partition coefficient (Wildman–Crippen LogP) is 3.09. The Bertz CT molecular complexity index is 545. The first-order valence-electron chi connectivity index (χ1n) is 6.53. The molecule has 0 spiro atoms. The molecular weight excluding hydrogens is 306 g/mol. The predicted molar refractivity (Wildman–Crippen MR) is 78.0 cm³/mol. The summed E-state index contributed by atoms with van der Waals surface area (Å²) in [6, 6.07) is 5.88. The number of hydrogen-bond donors (Lipinski definition) is 0. The lowest BCUT2D eigenvalue weighted by atomic mass is 9.84. The molecule has 3 aliphatic heterocycles. The summed E-state index contributed by atoms with van der Waals surface area (Å²) in [4.78, 5) is 14.5. The Balaban J connectivity index is 1.93. The molecule has 4 heteroatoms. The van der Waals surface area contributed by atoms with Gasteiger partial charge >= 0.3 is 0 Å². The van der Waals surface area contributed by atoms with E-state index in [1.165, 1.54) is 0 Å². The summed E-state index contributed by atoms with van der Waals surface area (Å²) in [6.45, 7) is 2.03. The summed E-state index contributed by atoms with van der Waals surface area (Å²) in [5, 5.41) is 0. The molecule has 0 aliphatic carbocycles. The molecule has 0 aromatic heterocycles. The van der Waals surface area contributed by atoms with Gasteiger partial charge < -0.3 is 9.64 Å². The minimum absolute atomic E-state index is 0.248. The van der Waals surface area contributed by atoms with Gasteiger partial charge in [-0.25, -0.2) is 0 Å². The summed E-state index contributed by atoms with van der Waals surface area (Å²) < 4.78 is 6.13. The number of halogens is 1. The zero-order valence-electron chi connectivity index (χ0n) is 10.9. The summed E-state index contributed by atoms with van der Waals surface area (Å²) in [5.74, 6) is 1.36. The first-order chi connectivity index (χ1) is 9.19. The molecule has 0 saturated carbocycles. The van der Waals surface area contributed by atoms with E-state index in [2.05, 4.69) is 20.8 Å². The van der Waals surface area contributed by atoms with Gasteiger partial charge in [0.1, 0.15) is 5.75 Å². The maximum absolute atomic E-state index is 12.3. The number of carbonyl (C=O) groups excluding carboxylic acids is 1. The van der Waals surface area contributed by atoms with E-state index in [0.717, 1.165) is 47.4 Å². The maximum atomic E-state index is 12.3. The van der Waals surface area contributed by atoms with Crippen LogP contribution in [-0.2, 0) is 4.79 Å². The van der Waals surface area contributed by atoms with Crippen molar-refractivity contribution in [2.75, 3.05) is 20.2 Å². The Hall–Kier alpha value is -1.29. The van der Waals surface area contributed by atoms with Gasteiger partial charge in [0.25, 0.3) is 0 Å². The lowest BCUT2D eigenvalue weighted by Crippen LogP contribution is -2.45. The van der Waals surface area contributed by atoms with Gasteiger partial charge in [0, 0.05) is 19.0 Å². The second-order valence-electron chi connectivity index (χ2n) is 5.05. The van der Waals surface area contributed by atoms with Crippen LogP contribution in [0.4, 0.5) is 0 Å². The molecule has 3 saturated heterocycles.